The molecule has 0 saturated carbocycles. The SMILES string of the molecule is NC(C(=O)O)(c1ccncn1)C(c1ccccc1)c1ccncn1. The molecule has 0 radical (unpaired) electrons. The van der Waals surface area contributed by atoms with Crippen LogP contribution in [0.3, 0.4) is 0 Å². The first-order valence-electron chi connectivity index (χ1n) is 7.23. The van der Waals surface area contributed by atoms with Crippen LogP contribution in [0.15, 0.2) is 67.5 Å². The molecule has 1 aromatic carbocycles. The van der Waals surface area contributed by atoms with Gasteiger partial charge in [-0.3, -0.25) is 0 Å². The summed E-state index contributed by atoms with van der Waals surface area (Å²) < 4.78 is 0. The van der Waals surface area contributed by atoms with Gasteiger partial charge in [-0.05, 0) is 17.7 Å². The molecule has 0 saturated heterocycles. The molecule has 0 aliphatic heterocycles. The van der Waals surface area contributed by atoms with Crippen molar-refractivity contribution >= 4 is 5.97 Å². The summed E-state index contributed by atoms with van der Waals surface area (Å²) in [5.74, 6) is -1.94. The molecule has 120 valence electrons. The summed E-state index contributed by atoms with van der Waals surface area (Å²) in [5, 5.41) is 9.95. The molecule has 24 heavy (non-hydrogen) atoms. The zero-order valence-corrected chi connectivity index (χ0v) is 12.6. The quantitative estimate of drug-likeness (QED) is 0.728. The molecule has 3 N–H and O–H groups in total. The highest BCUT2D eigenvalue weighted by Crippen LogP contribution is 2.38. The smallest absolute Gasteiger partial charge is 0.331 e. The van der Waals surface area contributed by atoms with Gasteiger partial charge in [0.05, 0.1) is 17.3 Å². The minimum Gasteiger partial charge on any atom is -0.480 e. The highest BCUT2D eigenvalue weighted by molar-refractivity contribution is 5.82. The van der Waals surface area contributed by atoms with Gasteiger partial charge in [-0.1, -0.05) is 30.3 Å². The fourth-order valence-corrected chi connectivity index (χ4v) is 2.70. The third kappa shape index (κ3) is 2.72. The van der Waals surface area contributed by atoms with Crippen LogP contribution in [-0.4, -0.2) is 31.0 Å². The van der Waals surface area contributed by atoms with Crippen molar-refractivity contribution in [2.75, 3.05) is 0 Å². The van der Waals surface area contributed by atoms with Crippen molar-refractivity contribution in [3.8, 4) is 0 Å². The summed E-state index contributed by atoms with van der Waals surface area (Å²) >= 11 is 0. The Morgan fingerprint density at radius 2 is 1.67 bits per heavy atom. The number of benzene rings is 1. The van der Waals surface area contributed by atoms with Gasteiger partial charge < -0.3 is 10.8 Å². The minimum absolute atomic E-state index is 0.206. The Morgan fingerprint density at radius 1 is 1.00 bits per heavy atom. The summed E-state index contributed by atoms with van der Waals surface area (Å²) in [7, 11) is 0. The first-order valence-corrected chi connectivity index (χ1v) is 7.23. The van der Waals surface area contributed by atoms with E-state index in [0.717, 1.165) is 5.56 Å². The Bertz CT molecular complexity index is 775. The lowest BCUT2D eigenvalue weighted by Crippen LogP contribution is -2.51. The normalized spacial score (nSPS) is 14.5. The van der Waals surface area contributed by atoms with Gasteiger partial charge in [-0.25, -0.2) is 24.7 Å². The molecule has 3 aromatic rings. The number of hydrogen-bond donors (Lipinski definition) is 2. The first-order chi connectivity index (χ1) is 11.6. The maximum atomic E-state index is 12.2. The third-order valence-corrected chi connectivity index (χ3v) is 3.85. The number of rotatable bonds is 5. The Labute approximate surface area is 138 Å². The lowest BCUT2D eigenvalue weighted by atomic mass is 9.75. The maximum absolute atomic E-state index is 12.2. The fourth-order valence-electron chi connectivity index (χ4n) is 2.70. The third-order valence-electron chi connectivity index (χ3n) is 3.85. The second-order valence-corrected chi connectivity index (χ2v) is 5.25. The van der Waals surface area contributed by atoms with E-state index in [2.05, 4.69) is 19.9 Å². The van der Waals surface area contributed by atoms with Crippen LogP contribution in [0.5, 0.6) is 0 Å². The summed E-state index contributed by atoms with van der Waals surface area (Å²) in [6.45, 7) is 0. The Kier molecular flexibility index (Phi) is 4.26. The van der Waals surface area contributed by atoms with Crippen molar-refractivity contribution in [2.45, 2.75) is 11.5 Å². The molecule has 7 heteroatoms. The van der Waals surface area contributed by atoms with Crippen LogP contribution in [0, 0.1) is 0 Å². The van der Waals surface area contributed by atoms with Crippen LogP contribution in [-0.2, 0) is 10.3 Å². The van der Waals surface area contributed by atoms with E-state index in [1.165, 1.54) is 24.9 Å². The largest absolute Gasteiger partial charge is 0.480 e. The van der Waals surface area contributed by atoms with Gasteiger partial charge >= 0.3 is 5.97 Å². The monoisotopic (exact) mass is 321 g/mol. The van der Waals surface area contributed by atoms with Crippen molar-refractivity contribution in [2.24, 2.45) is 5.73 Å². The summed E-state index contributed by atoms with van der Waals surface area (Å²) in [6, 6.07) is 12.3. The lowest BCUT2D eigenvalue weighted by molar-refractivity contribution is -0.144. The van der Waals surface area contributed by atoms with Crippen LogP contribution in [0.4, 0.5) is 0 Å². The van der Waals surface area contributed by atoms with Gasteiger partial charge in [-0.2, -0.15) is 0 Å². The highest BCUT2D eigenvalue weighted by atomic mass is 16.4. The number of carbonyl (C=O) groups is 1. The van der Waals surface area contributed by atoms with Gasteiger partial charge in [0.25, 0.3) is 0 Å². The fraction of sp³-hybridized carbons (Fsp3) is 0.118. The summed E-state index contributed by atoms with van der Waals surface area (Å²) in [6.07, 6.45) is 5.67. The number of carboxylic acid groups (broad SMARTS) is 1. The predicted molar refractivity (Wildman–Crippen MR) is 85.9 cm³/mol. The van der Waals surface area contributed by atoms with Crippen LogP contribution in [0.1, 0.15) is 22.9 Å². The molecule has 2 aromatic heterocycles. The molecular formula is C17H15N5O2. The van der Waals surface area contributed by atoms with Crippen LogP contribution in [0.25, 0.3) is 0 Å². The van der Waals surface area contributed by atoms with E-state index in [1.54, 1.807) is 12.3 Å². The standard InChI is InChI=1S/C17H15N5O2/c18-17(16(23)24,14-7-9-20-11-22-14)15(12-4-2-1-3-5-12)13-6-8-19-10-21-13/h1-11,15H,18H2,(H,23,24). The number of nitrogens with zero attached hydrogens (tertiary/aromatic N) is 4. The van der Waals surface area contributed by atoms with Crippen molar-refractivity contribution in [3.63, 3.8) is 0 Å². The van der Waals surface area contributed by atoms with E-state index in [1.807, 2.05) is 30.3 Å². The van der Waals surface area contributed by atoms with Crippen LogP contribution < -0.4 is 5.73 Å². The molecule has 7 nitrogen and oxygen atoms in total. The van der Waals surface area contributed by atoms with Gasteiger partial charge in [0, 0.05) is 12.4 Å². The Hall–Kier alpha value is -3.19. The second-order valence-electron chi connectivity index (χ2n) is 5.25. The van der Waals surface area contributed by atoms with Gasteiger partial charge in [0.2, 0.25) is 0 Å². The molecule has 2 unspecified atom stereocenters. The molecule has 2 atom stereocenters. The van der Waals surface area contributed by atoms with Gasteiger partial charge in [0.15, 0.2) is 5.54 Å². The molecule has 0 spiro atoms. The van der Waals surface area contributed by atoms with E-state index in [9.17, 15) is 9.90 Å². The van der Waals surface area contributed by atoms with E-state index < -0.39 is 17.4 Å². The molecule has 0 amide bonds. The summed E-state index contributed by atoms with van der Waals surface area (Å²) in [5.41, 5.74) is 6.04. The van der Waals surface area contributed by atoms with Gasteiger partial charge in [0.1, 0.15) is 12.7 Å². The average molecular weight is 321 g/mol. The minimum atomic E-state index is -1.81. The zero-order valence-electron chi connectivity index (χ0n) is 12.6. The predicted octanol–water partition coefficient (Wildman–Crippen LogP) is 1.34. The van der Waals surface area contributed by atoms with E-state index >= 15 is 0 Å². The van der Waals surface area contributed by atoms with Crippen LogP contribution >= 0.6 is 0 Å². The Balaban J connectivity index is 2.25. The highest BCUT2D eigenvalue weighted by Gasteiger charge is 2.47. The topological polar surface area (TPSA) is 115 Å². The first kappa shape index (κ1) is 15.7. The molecule has 2 heterocycles. The maximum Gasteiger partial charge on any atom is 0.331 e. The zero-order chi connectivity index (χ0) is 17.0. The summed E-state index contributed by atoms with van der Waals surface area (Å²) in [4.78, 5) is 28.2. The molecule has 0 fully saturated rings. The van der Waals surface area contributed by atoms with Crippen LogP contribution in [0.2, 0.25) is 0 Å². The number of carboxylic acids is 1. The van der Waals surface area contributed by atoms with E-state index in [-0.39, 0.29) is 5.69 Å². The van der Waals surface area contributed by atoms with Crippen molar-refractivity contribution in [3.05, 3.63) is 84.5 Å². The van der Waals surface area contributed by atoms with Crippen molar-refractivity contribution < 1.29 is 9.90 Å². The Morgan fingerprint density at radius 3 is 2.21 bits per heavy atom. The number of hydrogen-bond acceptors (Lipinski definition) is 6. The van der Waals surface area contributed by atoms with Gasteiger partial charge in [-0.15, -0.1) is 0 Å². The molecule has 0 bridgehead atoms. The van der Waals surface area contributed by atoms with Crippen molar-refractivity contribution in [1.82, 2.24) is 19.9 Å². The van der Waals surface area contributed by atoms with Crippen molar-refractivity contribution in [1.29, 1.82) is 0 Å². The lowest BCUT2D eigenvalue weighted by Gasteiger charge is -2.33. The second kappa shape index (κ2) is 6.51. The molecule has 0 aliphatic rings. The number of aliphatic carboxylic acids is 1. The molecular weight excluding hydrogens is 306 g/mol. The van der Waals surface area contributed by atoms with E-state index in [4.69, 9.17) is 5.73 Å². The molecule has 3 rings (SSSR count). The number of nitrogens with two attached hydrogens (primary N) is 1. The number of aromatic nitrogens is 4. The van der Waals surface area contributed by atoms with E-state index in [0.29, 0.717) is 5.69 Å². The molecule has 0 aliphatic carbocycles. The average Bonchev–Trinajstić information content (AvgIpc) is 2.64.